The number of rotatable bonds is 7. The zero-order chi connectivity index (χ0) is 21.0. The molecule has 3 rings (SSSR count). The molecule has 2 aromatic rings. The maximum absolute atomic E-state index is 12.3. The van der Waals surface area contributed by atoms with Crippen molar-refractivity contribution in [3.05, 3.63) is 17.1 Å². The van der Waals surface area contributed by atoms with Crippen molar-refractivity contribution in [3.8, 4) is 17.2 Å². The molecule has 1 aromatic heterocycles. The first-order valence-corrected chi connectivity index (χ1v) is 9.46. The summed E-state index contributed by atoms with van der Waals surface area (Å²) >= 11 is 1.12. The van der Waals surface area contributed by atoms with Crippen LogP contribution in [0.15, 0.2) is 12.1 Å². The standard InChI is InChI=1S/C17H22N4O7S/c1-25-10-4-8(5-11(26-2)14(10)27-3)18-16(24)19-17-21-20-15(29-17)12-6-9(23)13(7-22)28-12/h4-5,9,12-13,22-23H,6-7H2,1-3H3,(H2,18,19,21,24)/t9-,12+,13+/m0/s1. The highest BCUT2D eigenvalue weighted by atomic mass is 32.1. The van der Waals surface area contributed by atoms with Crippen LogP contribution in [0.2, 0.25) is 0 Å². The van der Waals surface area contributed by atoms with Crippen LogP contribution in [0.4, 0.5) is 15.6 Å². The maximum atomic E-state index is 12.3. The Kier molecular flexibility index (Phi) is 6.69. The van der Waals surface area contributed by atoms with Crippen LogP contribution in [0.1, 0.15) is 17.5 Å². The van der Waals surface area contributed by atoms with Gasteiger partial charge in [0.15, 0.2) is 11.5 Å². The van der Waals surface area contributed by atoms with Crippen LogP contribution in [0.25, 0.3) is 0 Å². The minimum atomic E-state index is -0.770. The number of aliphatic hydroxyl groups is 2. The van der Waals surface area contributed by atoms with E-state index in [0.29, 0.717) is 34.4 Å². The van der Waals surface area contributed by atoms with Crippen molar-refractivity contribution in [1.82, 2.24) is 10.2 Å². The Labute approximate surface area is 170 Å². The molecule has 1 fully saturated rings. The minimum absolute atomic E-state index is 0.260. The van der Waals surface area contributed by atoms with Gasteiger partial charge < -0.3 is 34.5 Å². The monoisotopic (exact) mass is 426 g/mol. The van der Waals surface area contributed by atoms with E-state index in [2.05, 4.69) is 20.8 Å². The molecular weight excluding hydrogens is 404 g/mol. The van der Waals surface area contributed by atoms with E-state index in [4.69, 9.17) is 24.1 Å². The first-order valence-electron chi connectivity index (χ1n) is 8.64. The second kappa shape index (κ2) is 9.22. The van der Waals surface area contributed by atoms with Gasteiger partial charge in [0, 0.05) is 18.6 Å². The zero-order valence-electron chi connectivity index (χ0n) is 16.0. The van der Waals surface area contributed by atoms with Crippen molar-refractivity contribution in [1.29, 1.82) is 0 Å². The fourth-order valence-corrected chi connectivity index (χ4v) is 3.67. The van der Waals surface area contributed by atoms with Gasteiger partial charge in [-0.25, -0.2) is 4.79 Å². The Morgan fingerprint density at radius 2 is 1.90 bits per heavy atom. The van der Waals surface area contributed by atoms with Gasteiger partial charge in [0.2, 0.25) is 10.9 Å². The molecule has 0 spiro atoms. The number of aliphatic hydroxyl groups excluding tert-OH is 2. The van der Waals surface area contributed by atoms with Crippen LogP contribution in [0.5, 0.6) is 17.2 Å². The lowest BCUT2D eigenvalue weighted by Gasteiger charge is -2.14. The number of hydrogen-bond acceptors (Lipinski definition) is 10. The van der Waals surface area contributed by atoms with Crippen molar-refractivity contribution in [2.24, 2.45) is 0 Å². The summed E-state index contributed by atoms with van der Waals surface area (Å²) in [6.07, 6.45) is -1.59. The number of methoxy groups -OCH3 is 3. The largest absolute Gasteiger partial charge is 0.493 e. The predicted molar refractivity (Wildman–Crippen MR) is 104 cm³/mol. The van der Waals surface area contributed by atoms with Crippen molar-refractivity contribution >= 4 is 28.2 Å². The van der Waals surface area contributed by atoms with E-state index in [1.807, 2.05) is 0 Å². The van der Waals surface area contributed by atoms with E-state index in [0.717, 1.165) is 11.3 Å². The first kappa shape index (κ1) is 21.0. The highest BCUT2D eigenvalue weighted by molar-refractivity contribution is 7.15. The summed E-state index contributed by atoms with van der Waals surface area (Å²) in [6.45, 7) is -0.279. The topological polar surface area (TPSA) is 144 Å². The van der Waals surface area contributed by atoms with Gasteiger partial charge in [0.1, 0.15) is 17.2 Å². The van der Waals surface area contributed by atoms with E-state index < -0.39 is 24.3 Å². The Morgan fingerprint density at radius 1 is 1.21 bits per heavy atom. The molecule has 11 nitrogen and oxygen atoms in total. The van der Waals surface area contributed by atoms with Crippen molar-refractivity contribution in [3.63, 3.8) is 0 Å². The summed E-state index contributed by atoms with van der Waals surface area (Å²) in [4.78, 5) is 12.3. The number of carbonyl (C=O) groups excluding carboxylic acids is 1. The summed E-state index contributed by atoms with van der Waals surface area (Å²) in [5.74, 6) is 1.21. The quantitative estimate of drug-likeness (QED) is 0.516. The fourth-order valence-electron chi connectivity index (χ4n) is 2.88. The Hall–Kier alpha value is -2.67. The molecule has 1 aliphatic heterocycles. The molecule has 4 N–H and O–H groups in total. The molecule has 0 saturated carbocycles. The number of nitrogens with one attached hydrogen (secondary N) is 2. The van der Waals surface area contributed by atoms with E-state index in [1.165, 1.54) is 21.3 Å². The summed E-state index contributed by atoms with van der Waals surface area (Å²) < 4.78 is 21.3. The van der Waals surface area contributed by atoms with Crippen molar-refractivity contribution in [2.75, 3.05) is 38.6 Å². The molecule has 0 radical (unpaired) electrons. The highest BCUT2D eigenvalue weighted by Gasteiger charge is 2.36. The third-order valence-corrected chi connectivity index (χ3v) is 5.19. The summed E-state index contributed by atoms with van der Waals surface area (Å²) in [6, 6.07) is 2.65. The van der Waals surface area contributed by atoms with Gasteiger partial charge in [-0.2, -0.15) is 0 Å². The van der Waals surface area contributed by atoms with E-state index in [-0.39, 0.29) is 11.7 Å². The number of aromatic nitrogens is 2. The van der Waals surface area contributed by atoms with Crippen LogP contribution in [0, 0.1) is 0 Å². The van der Waals surface area contributed by atoms with Gasteiger partial charge in [-0.1, -0.05) is 11.3 Å². The SMILES string of the molecule is COc1cc(NC(=O)Nc2nnc([C@H]3C[C@H](O)[C@@H](CO)O3)s2)cc(OC)c1OC. The van der Waals surface area contributed by atoms with Crippen molar-refractivity contribution < 1.29 is 34.0 Å². The Bertz CT molecular complexity index is 837. The van der Waals surface area contributed by atoms with Gasteiger partial charge in [0.25, 0.3) is 0 Å². The second-order valence-corrected chi connectivity index (χ2v) is 7.10. The lowest BCUT2D eigenvalue weighted by atomic mass is 10.1. The smallest absolute Gasteiger partial charge is 0.325 e. The number of benzene rings is 1. The summed E-state index contributed by atoms with van der Waals surface area (Å²) in [7, 11) is 4.45. The number of amides is 2. The van der Waals surface area contributed by atoms with Crippen LogP contribution in [-0.4, -0.2) is 66.6 Å². The lowest BCUT2D eigenvalue weighted by molar-refractivity contribution is -0.0227. The number of carbonyl (C=O) groups is 1. The van der Waals surface area contributed by atoms with Crippen molar-refractivity contribution in [2.45, 2.75) is 24.7 Å². The summed E-state index contributed by atoms with van der Waals surface area (Å²) in [5, 5.41) is 32.9. The van der Waals surface area contributed by atoms with Gasteiger partial charge in [-0.15, -0.1) is 10.2 Å². The molecule has 2 heterocycles. The van der Waals surface area contributed by atoms with Gasteiger partial charge in [-0.05, 0) is 0 Å². The number of nitrogens with zero attached hydrogens (tertiary/aromatic N) is 2. The molecule has 0 aliphatic carbocycles. The molecule has 0 unspecified atom stereocenters. The number of anilines is 2. The van der Waals surface area contributed by atoms with E-state index >= 15 is 0 Å². The van der Waals surface area contributed by atoms with Crippen LogP contribution in [0.3, 0.4) is 0 Å². The van der Waals surface area contributed by atoms with Gasteiger partial charge in [0.05, 0.1) is 39.7 Å². The second-order valence-electron chi connectivity index (χ2n) is 6.09. The third kappa shape index (κ3) is 4.67. The van der Waals surface area contributed by atoms with Crippen LogP contribution < -0.4 is 24.8 Å². The fraction of sp³-hybridized carbons (Fsp3) is 0.471. The third-order valence-electron chi connectivity index (χ3n) is 4.26. The predicted octanol–water partition coefficient (Wildman–Crippen LogP) is 1.39. The molecule has 2 amide bonds. The highest BCUT2D eigenvalue weighted by Crippen LogP contribution is 2.40. The molecule has 1 aromatic carbocycles. The Morgan fingerprint density at radius 3 is 2.45 bits per heavy atom. The van der Waals surface area contributed by atoms with Crippen LogP contribution >= 0.6 is 11.3 Å². The average Bonchev–Trinajstić information content (AvgIpc) is 3.33. The normalized spacial score (nSPS) is 20.9. The Balaban J connectivity index is 1.65. The van der Waals surface area contributed by atoms with E-state index in [9.17, 15) is 9.90 Å². The molecule has 12 heteroatoms. The lowest BCUT2D eigenvalue weighted by Crippen LogP contribution is -2.24. The molecule has 0 bridgehead atoms. The summed E-state index contributed by atoms with van der Waals surface area (Å²) in [5.41, 5.74) is 0.426. The van der Waals surface area contributed by atoms with Crippen LogP contribution in [-0.2, 0) is 4.74 Å². The number of ether oxygens (including phenoxy) is 4. The molecular formula is C17H22N4O7S. The minimum Gasteiger partial charge on any atom is -0.493 e. The van der Waals surface area contributed by atoms with E-state index in [1.54, 1.807) is 12.1 Å². The van der Waals surface area contributed by atoms with Gasteiger partial charge >= 0.3 is 6.03 Å². The molecule has 1 aliphatic rings. The zero-order valence-corrected chi connectivity index (χ0v) is 16.9. The van der Waals surface area contributed by atoms with Gasteiger partial charge in [-0.3, -0.25) is 5.32 Å². The first-order chi connectivity index (χ1) is 14.0. The number of urea groups is 1. The number of hydrogen-bond donors (Lipinski definition) is 4. The molecule has 158 valence electrons. The average molecular weight is 426 g/mol. The molecule has 1 saturated heterocycles. The molecule has 29 heavy (non-hydrogen) atoms. The maximum Gasteiger partial charge on any atom is 0.325 e. The molecule has 3 atom stereocenters.